The second-order valence-electron chi connectivity index (χ2n) is 7.49. The van der Waals surface area contributed by atoms with E-state index in [1.54, 1.807) is 12.1 Å². The number of nitrogen functional groups attached to an aromatic ring is 1. The zero-order valence-corrected chi connectivity index (χ0v) is 18.5. The monoisotopic (exact) mass is 484 g/mol. The van der Waals surface area contributed by atoms with E-state index < -0.39 is 35.9 Å². The second kappa shape index (κ2) is 11.0. The maximum Gasteiger partial charge on any atom is 0.326 e. The fraction of sp³-hybridized carbons (Fsp3) is 0.286. The fourth-order valence-electron chi connectivity index (χ4n) is 3.36. The van der Waals surface area contributed by atoms with Gasteiger partial charge in [-0.3, -0.25) is 19.4 Å². The number of carbonyl (C=O) groups excluding carboxylic acids is 1. The van der Waals surface area contributed by atoms with E-state index in [0.717, 1.165) is 4.90 Å². The van der Waals surface area contributed by atoms with Crippen molar-refractivity contribution in [3.05, 3.63) is 52.1 Å². The molecule has 1 amide bonds. The Morgan fingerprint density at radius 2 is 1.86 bits per heavy atom. The molecule has 14 nitrogen and oxygen atoms in total. The summed E-state index contributed by atoms with van der Waals surface area (Å²) in [7, 11) is 0. The van der Waals surface area contributed by atoms with E-state index in [1.807, 2.05) is 0 Å². The van der Waals surface area contributed by atoms with E-state index in [9.17, 15) is 24.3 Å². The normalized spacial score (nSPS) is 11.7. The van der Waals surface area contributed by atoms with Crippen molar-refractivity contribution < 1.29 is 24.6 Å². The number of nitrogens with zero attached hydrogens (tertiary/aromatic N) is 4. The van der Waals surface area contributed by atoms with Gasteiger partial charge in [0.25, 0.3) is 11.5 Å². The molecule has 0 aliphatic carbocycles. The van der Waals surface area contributed by atoms with Crippen LogP contribution in [0, 0.1) is 0 Å². The highest BCUT2D eigenvalue weighted by Crippen LogP contribution is 2.16. The second-order valence-corrected chi connectivity index (χ2v) is 7.49. The van der Waals surface area contributed by atoms with Crippen LogP contribution in [0.1, 0.15) is 28.9 Å². The highest BCUT2D eigenvalue weighted by atomic mass is 16.4. The largest absolute Gasteiger partial charge is 0.481 e. The predicted octanol–water partition coefficient (Wildman–Crippen LogP) is -0.374. The first-order valence-electron chi connectivity index (χ1n) is 10.5. The van der Waals surface area contributed by atoms with Crippen molar-refractivity contribution >= 4 is 40.6 Å². The summed E-state index contributed by atoms with van der Waals surface area (Å²) in [5.41, 5.74) is 12.0. The number of fused-ring (bicyclic) bond motifs is 1. The molecular formula is C21H24N8O6. The number of carbonyl (C=O) groups is 3. The van der Waals surface area contributed by atoms with E-state index >= 15 is 0 Å². The number of nitrogens with two attached hydrogens (primary N) is 2. The Hall–Kier alpha value is -4.59. The molecule has 2 aromatic heterocycles. The van der Waals surface area contributed by atoms with Gasteiger partial charge in [0.1, 0.15) is 6.04 Å². The predicted molar refractivity (Wildman–Crippen MR) is 125 cm³/mol. The number of benzene rings is 1. The van der Waals surface area contributed by atoms with E-state index in [4.69, 9.17) is 16.6 Å². The number of aromatic amines is 1. The summed E-state index contributed by atoms with van der Waals surface area (Å²) in [6.07, 6.45) is 0.807. The molecule has 1 aromatic carbocycles. The first-order chi connectivity index (χ1) is 16.7. The summed E-state index contributed by atoms with van der Waals surface area (Å²) in [6, 6.07) is 4.93. The standard InChI is InChI=1S/C21H24N8O6/c22-7-8-29(14(20(34)35)5-6-15(30)31)19(33)11-1-3-12(4-2-11)24-9-13-10-25-17-16(26-13)18(32)28-21(23)27-17/h1-4,10,14,24H,5-9,22H2,(H,30,31)(H,34,35)(H3,23,25,27,28,32)/t14-/m0/s1. The van der Waals surface area contributed by atoms with Crippen LogP contribution in [0.15, 0.2) is 35.3 Å². The smallest absolute Gasteiger partial charge is 0.326 e. The molecule has 0 spiro atoms. The van der Waals surface area contributed by atoms with Gasteiger partial charge >= 0.3 is 11.9 Å². The minimum Gasteiger partial charge on any atom is -0.481 e. The van der Waals surface area contributed by atoms with Crippen molar-refractivity contribution in [3.63, 3.8) is 0 Å². The highest BCUT2D eigenvalue weighted by molar-refractivity contribution is 5.97. The van der Waals surface area contributed by atoms with Crippen LogP contribution in [0.4, 0.5) is 11.6 Å². The van der Waals surface area contributed by atoms with Crippen LogP contribution in [0.2, 0.25) is 0 Å². The molecule has 0 aliphatic rings. The number of aromatic nitrogens is 4. The number of aliphatic carboxylic acids is 2. The Labute approximate surface area is 198 Å². The maximum atomic E-state index is 13.0. The lowest BCUT2D eigenvalue weighted by molar-refractivity contribution is -0.143. The molecule has 1 atom stereocenters. The number of carboxylic acids is 2. The zero-order chi connectivity index (χ0) is 25.5. The lowest BCUT2D eigenvalue weighted by atomic mass is 10.1. The number of nitrogens with one attached hydrogen (secondary N) is 2. The Bertz CT molecular complexity index is 1290. The molecule has 2 heterocycles. The van der Waals surface area contributed by atoms with E-state index in [2.05, 4.69) is 25.3 Å². The molecule has 0 saturated heterocycles. The third-order valence-electron chi connectivity index (χ3n) is 5.02. The van der Waals surface area contributed by atoms with Crippen molar-refractivity contribution in [3.8, 4) is 0 Å². The summed E-state index contributed by atoms with van der Waals surface area (Å²) in [5.74, 6) is -3.10. The molecule has 0 saturated carbocycles. The Morgan fingerprint density at radius 1 is 1.14 bits per heavy atom. The minimum atomic E-state index is -1.32. The Kier molecular flexibility index (Phi) is 7.88. The maximum absolute atomic E-state index is 13.0. The van der Waals surface area contributed by atoms with Gasteiger partial charge in [-0.05, 0) is 30.7 Å². The van der Waals surface area contributed by atoms with Gasteiger partial charge in [0, 0.05) is 30.8 Å². The number of H-pyrrole nitrogens is 1. The molecule has 8 N–H and O–H groups in total. The average Bonchev–Trinajstić information content (AvgIpc) is 2.82. The van der Waals surface area contributed by atoms with E-state index in [0.29, 0.717) is 11.4 Å². The molecule has 3 rings (SSSR count). The van der Waals surface area contributed by atoms with Crippen molar-refractivity contribution in [2.75, 3.05) is 24.1 Å². The summed E-state index contributed by atoms with van der Waals surface area (Å²) in [6.45, 7) is 0.186. The minimum absolute atomic E-state index is 0.0139. The SMILES string of the molecule is NCCN(C(=O)c1ccc(NCc2cnc3nc(N)[nH]c(=O)c3n2)cc1)[C@@H](CCC(=O)O)C(=O)O. The summed E-state index contributed by atoms with van der Waals surface area (Å²) >= 11 is 0. The van der Waals surface area contributed by atoms with Gasteiger partial charge in [0.05, 0.1) is 18.4 Å². The summed E-state index contributed by atoms with van der Waals surface area (Å²) in [5, 5.41) is 21.5. The van der Waals surface area contributed by atoms with Crippen LogP contribution in [0.5, 0.6) is 0 Å². The van der Waals surface area contributed by atoms with Gasteiger partial charge in [-0.1, -0.05) is 0 Å². The average molecular weight is 484 g/mol. The van der Waals surface area contributed by atoms with Gasteiger partial charge in [-0.15, -0.1) is 0 Å². The van der Waals surface area contributed by atoms with Crippen LogP contribution in [-0.4, -0.2) is 72.0 Å². The Morgan fingerprint density at radius 3 is 2.49 bits per heavy atom. The van der Waals surface area contributed by atoms with Crippen LogP contribution >= 0.6 is 0 Å². The molecule has 184 valence electrons. The number of anilines is 2. The van der Waals surface area contributed by atoms with Crippen molar-refractivity contribution in [1.29, 1.82) is 0 Å². The van der Waals surface area contributed by atoms with Gasteiger partial charge in [0.15, 0.2) is 11.2 Å². The Balaban J connectivity index is 1.71. The third-order valence-corrected chi connectivity index (χ3v) is 5.02. The topological polar surface area (TPSA) is 231 Å². The van der Waals surface area contributed by atoms with Gasteiger partial charge in [-0.25, -0.2) is 14.8 Å². The zero-order valence-electron chi connectivity index (χ0n) is 18.5. The van der Waals surface area contributed by atoms with Crippen LogP contribution in [-0.2, 0) is 16.1 Å². The molecule has 3 aromatic rings. The number of rotatable bonds is 11. The number of amides is 1. The molecular weight excluding hydrogens is 460 g/mol. The van der Waals surface area contributed by atoms with Gasteiger partial charge in [-0.2, -0.15) is 4.98 Å². The molecule has 14 heteroatoms. The first-order valence-corrected chi connectivity index (χ1v) is 10.5. The number of hydrogen-bond donors (Lipinski definition) is 6. The van der Waals surface area contributed by atoms with Gasteiger partial charge in [0.2, 0.25) is 5.95 Å². The van der Waals surface area contributed by atoms with Crippen LogP contribution in [0.3, 0.4) is 0 Å². The quantitative estimate of drug-likeness (QED) is 0.205. The molecule has 0 radical (unpaired) electrons. The lowest BCUT2D eigenvalue weighted by Gasteiger charge is -2.28. The van der Waals surface area contributed by atoms with Gasteiger partial charge < -0.3 is 31.9 Å². The molecule has 0 fully saturated rings. The third kappa shape index (κ3) is 6.26. The number of carboxylic acid groups (broad SMARTS) is 2. The van der Waals surface area contributed by atoms with E-state index in [1.165, 1.54) is 18.3 Å². The lowest BCUT2D eigenvalue weighted by Crippen LogP contribution is -2.47. The molecule has 0 unspecified atom stereocenters. The van der Waals surface area contributed by atoms with Crippen molar-refractivity contribution in [2.24, 2.45) is 5.73 Å². The van der Waals surface area contributed by atoms with Crippen molar-refractivity contribution in [2.45, 2.75) is 25.4 Å². The van der Waals surface area contributed by atoms with Crippen LogP contribution in [0.25, 0.3) is 11.2 Å². The van der Waals surface area contributed by atoms with Crippen LogP contribution < -0.4 is 22.3 Å². The molecule has 0 aliphatic heterocycles. The summed E-state index contributed by atoms with van der Waals surface area (Å²) < 4.78 is 0. The molecule has 35 heavy (non-hydrogen) atoms. The van der Waals surface area contributed by atoms with Crippen molar-refractivity contribution in [1.82, 2.24) is 24.8 Å². The fourth-order valence-corrected chi connectivity index (χ4v) is 3.36. The number of hydrogen-bond acceptors (Lipinski definition) is 10. The highest BCUT2D eigenvalue weighted by Gasteiger charge is 2.30. The summed E-state index contributed by atoms with van der Waals surface area (Å²) in [4.78, 5) is 63.2. The van der Waals surface area contributed by atoms with E-state index in [-0.39, 0.29) is 48.7 Å². The molecule has 0 bridgehead atoms. The first kappa shape index (κ1) is 25.0.